The molecule has 2 aromatic carbocycles. The van der Waals surface area contributed by atoms with Crippen molar-refractivity contribution >= 4 is 39.1 Å². The van der Waals surface area contributed by atoms with Crippen LogP contribution in [0.3, 0.4) is 0 Å². The van der Waals surface area contributed by atoms with E-state index in [-0.39, 0.29) is 0 Å². The van der Waals surface area contributed by atoms with Crippen molar-refractivity contribution in [2.45, 2.75) is 13.3 Å². The number of benzene rings is 2. The van der Waals surface area contributed by atoms with Crippen LogP contribution in [-0.2, 0) is 6.42 Å². The first-order valence-corrected chi connectivity index (χ1v) is 8.57. The number of aromatic nitrogens is 1. The summed E-state index contributed by atoms with van der Waals surface area (Å²) in [5.41, 5.74) is 4.43. The minimum atomic E-state index is 0.643. The molecule has 0 unspecified atom stereocenters. The van der Waals surface area contributed by atoms with E-state index in [2.05, 4.69) is 51.7 Å². The van der Waals surface area contributed by atoms with Crippen LogP contribution in [0.1, 0.15) is 12.6 Å². The smallest absolute Gasteiger partial charge is 0.0661 e. The second-order valence-electron chi connectivity index (χ2n) is 5.00. The van der Waals surface area contributed by atoms with Crippen LogP contribution in [0.25, 0.3) is 16.9 Å². The van der Waals surface area contributed by atoms with Crippen LogP contribution < -0.4 is 0 Å². The highest BCUT2D eigenvalue weighted by molar-refractivity contribution is 9.10. The van der Waals surface area contributed by atoms with E-state index in [1.54, 1.807) is 6.07 Å². The van der Waals surface area contributed by atoms with Gasteiger partial charge < -0.3 is 4.57 Å². The van der Waals surface area contributed by atoms with Gasteiger partial charge >= 0.3 is 0 Å². The van der Waals surface area contributed by atoms with Crippen LogP contribution >= 0.6 is 39.1 Å². The Bertz CT molecular complexity index is 806. The fourth-order valence-corrected chi connectivity index (χ4v) is 3.31. The predicted molar refractivity (Wildman–Crippen MR) is 98.3 cm³/mol. The molecule has 0 saturated heterocycles. The standard InChI is InChI=1S/C18H14BrCl2N/c1-2-15-8-10-17(12-3-5-13(19)6-4-12)22(15)18-9-7-14(20)11-16(18)21/h3-11H,2H2,1H3. The fourth-order valence-electron chi connectivity index (χ4n) is 2.55. The van der Waals surface area contributed by atoms with Gasteiger partial charge in [-0.15, -0.1) is 0 Å². The molecule has 3 rings (SSSR count). The van der Waals surface area contributed by atoms with Gasteiger partial charge in [0.05, 0.1) is 16.4 Å². The van der Waals surface area contributed by atoms with E-state index < -0.39 is 0 Å². The van der Waals surface area contributed by atoms with Crippen LogP contribution in [0, 0.1) is 0 Å². The van der Waals surface area contributed by atoms with Crippen molar-refractivity contribution in [2.75, 3.05) is 0 Å². The molecule has 0 N–H and O–H groups in total. The van der Waals surface area contributed by atoms with Crippen LogP contribution in [-0.4, -0.2) is 4.57 Å². The van der Waals surface area contributed by atoms with Crippen molar-refractivity contribution in [3.63, 3.8) is 0 Å². The summed E-state index contributed by atoms with van der Waals surface area (Å²) in [5.74, 6) is 0. The van der Waals surface area contributed by atoms with E-state index in [1.165, 1.54) is 5.69 Å². The first kappa shape index (κ1) is 15.7. The minimum absolute atomic E-state index is 0.643. The van der Waals surface area contributed by atoms with Gasteiger partial charge in [0.2, 0.25) is 0 Å². The molecular weight excluding hydrogens is 381 g/mol. The van der Waals surface area contributed by atoms with E-state index in [0.29, 0.717) is 10.0 Å². The predicted octanol–water partition coefficient (Wildman–Crippen LogP) is 6.78. The van der Waals surface area contributed by atoms with Gasteiger partial charge in [-0.1, -0.05) is 58.2 Å². The molecule has 0 amide bonds. The highest BCUT2D eigenvalue weighted by atomic mass is 79.9. The Labute approximate surface area is 148 Å². The number of hydrogen-bond donors (Lipinski definition) is 0. The van der Waals surface area contributed by atoms with Gasteiger partial charge in [0.1, 0.15) is 0 Å². The summed E-state index contributed by atoms with van der Waals surface area (Å²) < 4.78 is 3.26. The summed E-state index contributed by atoms with van der Waals surface area (Å²) in [7, 11) is 0. The van der Waals surface area contributed by atoms with Gasteiger partial charge in [-0.2, -0.15) is 0 Å². The lowest BCUT2D eigenvalue weighted by atomic mass is 10.1. The third-order valence-corrected chi connectivity index (χ3v) is 4.68. The van der Waals surface area contributed by atoms with Crippen molar-refractivity contribution in [1.82, 2.24) is 4.57 Å². The molecule has 0 fully saturated rings. The molecule has 0 aliphatic rings. The molecule has 0 saturated carbocycles. The summed E-state index contributed by atoms with van der Waals surface area (Å²) in [6.07, 6.45) is 0.926. The topological polar surface area (TPSA) is 4.93 Å². The Morgan fingerprint density at radius 2 is 1.68 bits per heavy atom. The van der Waals surface area contributed by atoms with Crippen LogP contribution in [0.4, 0.5) is 0 Å². The normalized spacial score (nSPS) is 10.9. The van der Waals surface area contributed by atoms with E-state index in [1.807, 2.05) is 24.3 Å². The average Bonchev–Trinajstić information content (AvgIpc) is 2.92. The molecular formula is C18H14BrCl2N. The molecule has 112 valence electrons. The number of aryl methyl sites for hydroxylation is 1. The zero-order valence-electron chi connectivity index (χ0n) is 12.0. The average molecular weight is 395 g/mol. The van der Waals surface area contributed by atoms with Crippen molar-refractivity contribution < 1.29 is 0 Å². The van der Waals surface area contributed by atoms with Gasteiger partial charge in [0, 0.05) is 15.2 Å². The van der Waals surface area contributed by atoms with E-state index in [9.17, 15) is 0 Å². The Kier molecular flexibility index (Phi) is 4.62. The van der Waals surface area contributed by atoms with Crippen LogP contribution in [0.15, 0.2) is 59.1 Å². The lowest BCUT2D eigenvalue weighted by Crippen LogP contribution is -2.02. The van der Waals surface area contributed by atoms with Crippen LogP contribution in [0.2, 0.25) is 10.0 Å². The monoisotopic (exact) mass is 393 g/mol. The molecule has 0 radical (unpaired) electrons. The maximum atomic E-state index is 6.42. The van der Waals surface area contributed by atoms with Crippen molar-refractivity contribution in [3.05, 3.63) is 74.8 Å². The number of halogens is 3. The molecule has 4 heteroatoms. The highest BCUT2D eigenvalue weighted by Crippen LogP contribution is 2.32. The molecule has 22 heavy (non-hydrogen) atoms. The summed E-state index contributed by atoms with van der Waals surface area (Å²) in [6.45, 7) is 2.14. The Balaban J connectivity index is 2.21. The minimum Gasteiger partial charge on any atom is -0.312 e. The van der Waals surface area contributed by atoms with Gasteiger partial charge in [0.25, 0.3) is 0 Å². The largest absolute Gasteiger partial charge is 0.312 e. The summed E-state index contributed by atoms with van der Waals surface area (Å²) >= 11 is 15.9. The third-order valence-electron chi connectivity index (χ3n) is 3.61. The van der Waals surface area contributed by atoms with Crippen molar-refractivity contribution in [1.29, 1.82) is 0 Å². The lowest BCUT2D eigenvalue weighted by molar-refractivity contribution is 0.943. The van der Waals surface area contributed by atoms with Gasteiger partial charge in [0.15, 0.2) is 0 Å². The lowest BCUT2D eigenvalue weighted by Gasteiger charge is -2.15. The summed E-state index contributed by atoms with van der Waals surface area (Å²) in [6, 6.07) is 18.2. The van der Waals surface area contributed by atoms with E-state index in [0.717, 1.165) is 27.8 Å². The molecule has 0 spiro atoms. The fraction of sp³-hybridized carbons (Fsp3) is 0.111. The quantitative estimate of drug-likeness (QED) is 0.461. The molecule has 3 aromatic rings. The van der Waals surface area contributed by atoms with Crippen LogP contribution in [0.5, 0.6) is 0 Å². The Morgan fingerprint density at radius 1 is 0.955 bits per heavy atom. The van der Waals surface area contributed by atoms with Gasteiger partial charge in [-0.05, 0) is 54.4 Å². The third kappa shape index (κ3) is 2.96. The zero-order valence-corrected chi connectivity index (χ0v) is 15.1. The Hall–Kier alpha value is -1.22. The second kappa shape index (κ2) is 6.49. The number of hydrogen-bond acceptors (Lipinski definition) is 0. The number of nitrogens with zero attached hydrogens (tertiary/aromatic N) is 1. The zero-order chi connectivity index (χ0) is 15.7. The van der Waals surface area contributed by atoms with E-state index in [4.69, 9.17) is 23.2 Å². The first-order valence-electron chi connectivity index (χ1n) is 7.02. The number of rotatable bonds is 3. The molecule has 1 nitrogen and oxygen atoms in total. The summed E-state index contributed by atoms with van der Waals surface area (Å²) in [5, 5.41) is 1.29. The maximum absolute atomic E-state index is 6.42. The molecule has 0 bridgehead atoms. The first-order chi connectivity index (χ1) is 10.6. The second-order valence-corrected chi connectivity index (χ2v) is 6.76. The summed E-state index contributed by atoms with van der Waals surface area (Å²) in [4.78, 5) is 0. The van der Waals surface area contributed by atoms with Crippen molar-refractivity contribution in [2.24, 2.45) is 0 Å². The molecule has 0 aliphatic carbocycles. The molecule has 0 atom stereocenters. The maximum Gasteiger partial charge on any atom is 0.0661 e. The molecule has 1 heterocycles. The van der Waals surface area contributed by atoms with Gasteiger partial charge in [-0.3, -0.25) is 0 Å². The molecule has 1 aromatic heterocycles. The highest BCUT2D eigenvalue weighted by Gasteiger charge is 2.13. The van der Waals surface area contributed by atoms with Gasteiger partial charge in [-0.25, -0.2) is 0 Å². The van der Waals surface area contributed by atoms with Crippen molar-refractivity contribution in [3.8, 4) is 16.9 Å². The Morgan fingerprint density at radius 3 is 2.32 bits per heavy atom. The molecule has 0 aliphatic heterocycles. The van der Waals surface area contributed by atoms with E-state index >= 15 is 0 Å². The SMILES string of the molecule is CCc1ccc(-c2ccc(Br)cc2)n1-c1ccc(Cl)cc1Cl.